The molecule has 1 aliphatic rings. The van der Waals surface area contributed by atoms with Crippen LogP contribution in [0.25, 0.3) is 0 Å². The van der Waals surface area contributed by atoms with Crippen molar-refractivity contribution < 1.29 is 22.1 Å². The van der Waals surface area contributed by atoms with Gasteiger partial charge in [-0.25, -0.2) is 0 Å². The zero-order chi connectivity index (χ0) is 14.5. The largest absolute Gasteiger partial charge is 1.00 e. The molecule has 0 spiro atoms. The summed E-state index contributed by atoms with van der Waals surface area (Å²) in [4.78, 5) is 2.51. The number of nitrogens with one attached hydrogen (secondary N) is 1. The van der Waals surface area contributed by atoms with Crippen molar-refractivity contribution in [2.24, 2.45) is 0 Å². The summed E-state index contributed by atoms with van der Waals surface area (Å²) in [6, 6.07) is 0.593. The van der Waals surface area contributed by atoms with Gasteiger partial charge in [0.2, 0.25) is 0 Å². The van der Waals surface area contributed by atoms with E-state index < -0.39 is 0 Å². The van der Waals surface area contributed by atoms with E-state index in [1.54, 1.807) is 0 Å². The molecular formula is C16H34BrN2O-. The van der Waals surface area contributed by atoms with Crippen molar-refractivity contribution in [3.8, 4) is 0 Å². The SMILES string of the molecule is CCCCCN(CCO)C1CC(C)(C)NC(C)(C)C1.[Br-]. The van der Waals surface area contributed by atoms with Gasteiger partial charge in [0.05, 0.1) is 6.61 Å². The molecular weight excluding hydrogens is 316 g/mol. The van der Waals surface area contributed by atoms with Crippen LogP contribution in [0.1, 0.15) is 66.7 Å². The number of piperidine rings is 1. The quantitative estimate of drug-likeness (QED) is 0.624. The van der Waals surface area contributed by atoms with Crippen molar-refractivity contribution in [1.29, 1.82) is 0 Å². The average Bonchev–Trinajstić information content (AvgIpc) is 2.24. The third-order valence-electron chi connectivity index (χ3n) is 4.12. The van der Waals surface area contributed by atoms with Crippen LogP contribution in [0.2, 0.25) is 0 Å². The zero-order valence-electron chi connectivity index (χ0n) is 14.0. The Morgan fingerprint density at radius 2 is 1.60 bits per heavy atom. The van der Waals surface area contributed by atoms with Gasteiger partial charge < -0.3 is 27.4 Å². The first-order chi connectivity index (χ1) is 8.79. The summed E-state index contributed by atoms with van der Waals surface area (Å²) in [5, 5.41) is 13.1. The summed E-state index contributed by atoms with van der Waals surface area (Å²) >= 11 is 0. The Hall–Kier alpha value is 0.360. The summed E-state index contributed by atoms with van der Waals surface area (Å²) in [7, 11) is 0. The molecule has 0 aromatic carbocycles. The van der Waals surface area contributed by atoms with Crippen molar-refractivity contribution in [1.82, 2.24) is 10.2 Å². The lowest BCUT2D eigenvalue weighted by Crippen LogP contribution is -3.00. The van der Waals surface area contributed by atoms with Gasteiger partial charge in [0.25, 0.3) is 0 Å². The third kappa shape index (κ3) is 6.88. The number of aliphatic hydroxyl groups is 1. The van der Waals surface area contributed by atoms with E-state index in [4.69, 9.17) is 0 Å². The lowest BCUT2D eigenvalue weighted by molar-refractivity contribution is -0.00000936. The molecule has 0 unspecified atom stereocenters. The van der Waals surface area contributed by atoms with Crippen LogP contribution in [-0.2, 0) is 0 Å². The first-order valence-electron chi connectivity index (χ1n) is 7.94. The van der Waals surface area contributed by atoms with Crippen LogP contribution in [0.5, 0.6) is 0 Å². The maximum atomic E-state index is 9.33. The number of hydrogen-bond acceptors (Lipinski definition) is 3. The van der Waals surface area contributed by atoms with Gasteiger partial charge in [-0.2, -0.15) is 0 Å². The standard InChI is InChI=1S/C16H34N2O.BrH/c1-6-7-8-9-18(10-11-19)14-12-15(2,3)17-16(4,5)13-14;/h14,17,19H,6-13H2,1-5H3;1H/p-1. The summed E-state index contributed by atoms with van der Waals surface area (Å²) < 4.78 is 0. The lowest BCUT2D eigenvalue weighted by atomic mass is 9.79. The minimum atomic E-state index is 0. The highest BCUT2D eigenvalue weighted by Gasteiger charge is 2.39. The highest BCUT2D eigenvalue weighted by Crippen LogP contribution is 2.31. The number of nitrogens with zero attached hydrogens (tertiary/aromatic N) is 1. The molecule has 1 rings (SSSR count). The van der Waals surface area contributed by atoms with Gasteiger partial charge in [-0.3, -0.25) is 4.90 Å². The van der Waals surface area contributed by atoms with E-state index in [1.807, 2.05) is 0 Å². The van der Waals surface area contributed by atoms with Gasteiger partial charge in [-0.15, -0.1) is 0 Å². The van der Waals surface area contributed by atoms with Gasteiger partial charge >= 0.3 is 0 Å². The molecule has 20 heavy (non-hydrogen) atoms. The van der Waals surface area contributed by atoms with Crippen molar-refractivity contribution in [2.75, 3.05) is 19.7 Å². The molecule has 3 nitrogen and oxygen atoms in total. The molecule has 0 aliphatic carbocycles. The van der Waals surface area contributed by atoms with E-state index in [0.29, 0.717) is 6.04 Å². The van der Waals surface area contributed by atoms with Crippen molar-refractivity contribution in [3.63, 3.8) is 0 Å². The van der Waals surface area contributed by atoms with Crippen LogP contribution < -0.4 is 22.3 Å². The Bertz CT molecular complexity index is 253. The molecule has 0 aromatic rings. The molecule has 1 saturated heterocycles. The second-order valence-corrected chi connectivity index (χ2v) is 7.42. The van der Waals surface area contributed by atoms with E-state index in [9.17, 15) is 5.11 Å². The van der Waals surface area contributed by atoms with Gasteiger partial charge in [0.1, 0.15) is 0 Å². The Labute approximate surface area is 136 Å². The molecule has 1 fully saturated rings. The van der Waals surface area contributed by atoms with E-state index in [-0.39, 0.29) is 34.7 Å². The fraction of sp³-hybridized carbons (Fsp3) is 1.00. The van der Waals surface area contributed by atoms with Gasteiger partial charge in [-0.05, 0) is 53.5 Å². The van der Waals surface area contributed by atoms with Crippen LogP contribution in [0, 0.1) is 0 Å². The van der Waals surface area contributed by atoms with E-state index in [1.165, 1.54) is 32.1 Å². The van der Waals surface area contributed by atoms with Gasteiger partial charge in [0.15, 0.2) is 0 Å². The highest BCUT2D eigenvalue weighted by atomic mass is 79.9. The smallest absolute Gasteiger partial charge is 0.0558 e. The number of aliphatic hydroxyl groups excluding tert-OH is 1. The summed E-state index contributed by atoms with van der Waals surface area (Å²) in [5.74, 6) is 0. The van der Waals surface area contributed by atoms with Gasteiger partial charge in [0, 0.05) is 23.7 Å². The lowest BCUT2D eigenvalue weighted by Gasteiger charge is -2.49. The fourth-order valence-corrected chi connectivity index (χ4v) is 3.70. The van der Waals surface area contributed by atoms with Crippen molar-refractivity contribution in [3.05, 3.63) is 0 Å². The molecule has 122 valence electrons. The van der Waals surface area contributed by atoms with Crippen LogP contribution >= 0.6 is 0 Å². The van der Waals surface area contributed by atoms with Crippen molar-refractivity contribution >= 4 is 0 Å². The third-order valence-corrected chi connectivity index (χ3v) is 4.12. The molecule has 1 heterocycles. The van der Waals surface area contributed by atoms with Crippen LogP contribution in [0.15, 0.2) is 0 Å². The van der Waals surface area contributed by atoms with Crippen LogP contribution in [-0.4, -0.2) is 46.8 Å². The molecule has 2 N–H and O–H groups in total. The molecule has 0 saturated carbocycles. The molecule has 4 heteroatoms. The van der Waals surface area contributed by atoms with E-state index in [0.717, 1.165) is 13.1 Å². The Morgan fingerprint density at radius 1 is 1.05 bits per heavy atom. The molecule has 0 aromatic heterocycles. The Morgan fingerprint density at radius 3 is 2.05 bits per heavy atom. The Balaban J connectivity index is 0.00000361. The van der Waals surface area contributed by atoms with Crippen molar-refractivity contribution in [2.45, 2.75) is 83.8 Å². The highest BCUT2D eigenvalue weighted by molar-refractivity contribution is 5.00. The molecule has 0 amide bonds. The second-order valence-electron chi connectivity index (χ2n) is 7.42. The minimum absolute atomic E-state index is 0. The molecule has 0 atom stereocenters. The first-order valence-corrected chi connectivity index (χ1v) is 7.94. The number of hydrogen-bond donors (Lipinski definition) is 2. The molecule has 0 radical (unpaired) electrons. The molecule has 0 bridgehead atoms. The second kappa shape index (κ2) is 8.72. The molecule has 1 aliphatic heterocycles. The monoisotopic (exact) mass is 349 g/mol. The topological polar surface area (TPSA) is 35.5 Å². The predicted octanol–water partition coefficient (Wildman–Crippen LogP) is -0.216. The minimum Gasteiger partial charge on any atom is -1.00 e. The zero-order valence-corrected chi connectivity index (χ0v) is 15.6. The normalized spacial score (nSPS) is 21.8. The summed E-state index contributed by atoms with van der Waals surface area (Å²) in [6.07, 6.45) is 6.14. The number of unbranched alkanes of at least 4 members (excludes halogenated alkanes) is 2. The maximum absolute atomic E-state index is 9.33. The van der Waals surface area contributed by atoms with Gasteiger partial charge in [-0.1, -0.05) is 19.8 Å². The fourth-order valence-electron chi connectivity index (χ4n) is 3.70. The Kier molecular flexibility index (Phi) is 8.87. The number of halogens is 1. The first kappa shape index (κ1) is 20.4. The van der Waals surface area contributed by atoms with E-state index >= 15 is 0 Å². The summed E-state index contributed by atoms with van der Waals surface area (Å²) in [6.45, 7) is 13.7. The average molecular weight is 350 g/mol. The predicted molar refractivity (Wildman–Crippen MR) is 82.5 cm³/mol. The van der Waals surface area contributed by atoms with Crippen LogP contribution in [0.3, 0.4) is 0 Å². The van der Waals surface area contributed by atoms with Crippen LogP contribution in [0.4, 0.5) is 0 Å². The summed E-state index contributed by atoms with van der Waals surface area (Å²) in [5.41, 5.74) is 0.371. The maximum Gasteiger partial charge on any atom is 0.0558 e. The van der Waals surface area contributed by atoms with E-state index in [2.05, 4.69) is 44.8 Å². The number of rotatable bonds is 7.